The van der Waals surface area contributed by atoms with E-state index in [-0.39, 0.29) is 28.4 Å². The van der Waals surface area contributed by atoms with Crippen molar-refractivity contribution >= 4 is 23.2 Å². The summed E-state index contributed by atoms with van der Waals surface area (Å²) < 4.78 is 0. The molecule has 1 aromatic rings. The standard InChI is InChI=1S/C12H16Cl2N2O2/c13-9-5-8(6-10(14)12(9)18)11(7-17)16-3-1-15-2-4-16/h5-6,11,15,17-18H,1-4,7H2/t11-/m1/s1. The van der Waals surface area contributed by atoms with Gasteiger partial charge >= 0.3 is 0 Å². The van der Waals surface area contributed by atoms with E-state index in [1.54, 1.807) is 12.1 Å². The first-order valence-corrected chi connectivity index (χ1v) is 6.62. The van der Waals surface area contributed by atoms with E-state index >= 15 is 0 Å². The number of aromatic hydroxyl groups is 1. The molecule has 1 aliphatic heterocycles. The Morgan fingerprint density at radius 3 is 2.28 bits per heavy atom. The van der Waals surface area contributed by atoms with E-state index in [4.69, 9.17) is 23.2 Å². The minimum atomic E-state index is -0.136. The molecule has 1 aromatic carbocycles. The molecular formula is C12H16Cl2N2O2. The fraction of sp³-hybridized carbons (Fsp3) is 0.500. The Morgan fingerprint density at radius 2 is 1.78 bits per heavy atom. The zero-order chi connectivity index (χ0) is 13.1. The number of hydrogen-bond donors (Lipinski definition) is 3. The van der Waals surface area contributed by atoms with Gasteiger partial charge in [-0.2, -0.15) is 0 Å². The number of piperazine rings is 1. The Balaban J connectivity index is 2.26. The van der Waals surface area contributed by atoms with Gasteiger partial charge in [0.2, 0.25) is 0 Å². The molecule has 0 aliphatic carbocycles. The molecule has 2 rings (SSSR count). The fourth-order valence-electron chi connectivity index (χ4n) is 2.20. The van der Waals surface area contributed by atoms with Crippen molar-refractivity contribution in [2.24, 2.45) is 0 Å². The maximum atomic E-state index is 9.57. The Bertz CT molecular complexity index is 400. The third-order valence-corrected chi connectivity index (χ3v) is 3.77. The predicted molar refractivity (Wildman–Crippen MR) is 72.4 cm³/mol. The number of hydrogen-bond acceptors (Lipinski definition) is 4. The first-order valence-electron chi connectivity index (χ1n) is 5.87. The second-order valence-electron chi connectivity index (χ2n) is 4.32. The van der Waals surface area contributed by atoms with Crippen LogP contribution in [0.2, 0.25) is 10.0 Å². The average Bonchev–Trinajstić information content (AvgIpc) is 2.38. The lowest BCUT2D eigenvalue weighted by Crippen LogP contribution is -2.46. The molecule has 1 atom stereocenters. The van der Waals surface area contributed by atoms with Crippen LogP contribution in [0, 0.1) is 0 Å². The van der Waals surface area contributed by atoms with Gasteiger partial charge in [-0.15, -0.1) is 0 Å². The van der Waals surface area contributed by atoms with Crippen molar-refractivity contribution in [1.82, 2.24) is 10.2 Å². The monoisotopic (exact) mass is 290 g/mol. The number of halogens is 2. The van der Waals surface area contributed by atoms with Crippen LogP contribution >= 0.6 is 23.2 Å². The number of aliphatic hydroxyl groups excluding tert-OH is 1. The van der Waals surface area contributed by atoms with Gasteiger partial charge in [0.15, 0.2) is 5.75 Å². The number of benzene rings is 1. The van der Waals surface area contributed by atoms with Crippen LogP contribution in [-0.4, -0.2) is 47.9 Å². The zero-order valence-corrected chi connectivity index (χ0v) is 11.4. The number of phenolic OH excluding ortho intramolecular Hbond substituents is 1. The van der Waals surface area contributed by atoms with E-state index in [0.717, 1.165) is 31.7 Å². The molecule has 3 N–H and O–H groups in total. The van der Waals surface area contributed by atoms with Crippen molar-refractivity contribution < 1.29 is 10.2 Å². The SMILES string of the molecule is OC[C@H](c1cc(Cl)c(O)c(Cl)c1)N1CCNCC1. The molecule has 1 heterocycles. The van der Waals surface area contributed by atoms with E-state index < -0.39 is 0 Å². The van der Waals surface area contributed by atoms with Crippen molar-refractivity contribution in [3.05, 3.63) is 27.7 Å². The van der Waals surface area contributed by atoms with Gasteiger partial charge in [-0.25, -0.2) is 0 Å². The van der Waals surface area contributed by atoms with Gasteiger partial charge in [0.25, 0.3) is 0 Å². The summed E-state index contributed by atoms with van der Waals surface area (Å²) in [6.07, 6.45) is 0. The highest BCUT2D eigenvalue weighted by Crippen LogP contribution is 2.35. The quantitative estimate of drug-likeness (QED) is 0.792. The summed E-state index contributed by atoms with van der Waals surface area (Å²) in [6, 6.07) is 3.18. The van der Waals surface area contributed by atoms with Gasteiger partial charge in [0, 0.05) is 26.2 Å². The molecule has 6 heteroatoms. The van der Waals surface area contributed by atoms with E-state index in [1.165, 1.54) is 0 Å². The first-order chi connectivity index (χ1) is 8.63. The second kappa shape index (κ2) is 6.08. The highest BCUT2D eigenvalue weighted by molar-refractivity contribution is 6.37. The number of rotatable bonds is 3. The second-order valence-corrected chi connectivity index (χ2v) is 5.13. The van der Waals surface area contributed by atoms with Crippen LogP contribution in [0.3, 0.4) is 0 Å². The summed E-state index contributed by atoms with van der Waals surface area (Å²) in [5, 5.41) is 22.8. The molecule has 1 saturated heterocycles. The van der Waals surface area contributed by atoms with Gasteiger partial charge in [-0.3, -0.25) is 4.90 Å². The average molecular weight is 291 g/mol. The summed E-state index contributed by atoms with van der Waals surface area (Å²) in [7, 11) is 0. The molecule has 0 unspecified atom stereocenters. The first kappa shape index (κ1) is 13.9. The highest BCUT2D eigenvalue weighted by atomic mass is 35.5. The van der Waals surface area contributed by atoms with Gasteiger partial charge in [0.1, 0.15) is 0 Å². The number of phenols is 1. The summed E-state index contributed by atoms with van der Waals surface area (Å²) in [5.41, 5.74) is 0.826. The largest absolute Gasteiger partial charge is 0.505 e. The Morgan fingerprint density at radius 1 is 1.22 bits per heavy atom. The molecule has 100 valence electrons. The van der Waals surface area contributed by atoms with Gasteiger partial charge in [0.05, 0.1) is 22.7 Å². The molecule has 1 aliphatic rings. The molecule has 0 amide bonds. The molecule has 0 radical (unpaired) electrons. The molecule has 0 spiro atoms. The van der Waals surface area contributed by atoms with Crippen LogP contribution in [0.4, 0.5) is 0 Å². The van der Waals surface area contributed by atoms with Crippen LogP contribution in [0.1, 0.15) is 11.6 Å². The summed E-state index contributed by atoms with van der Waals surface area (Å²) in [6.45, 7) is 3.52. The van der Waals surface area contributed by atoms with E-state index in [0.29, 0.717) is 0 Å². The predicted octanol–water partition coefficient (Wildman–Crippen LogP) is 1.64. The fourth-order valence-corrected chi connectivity index (χ4v) is 2.71. The molecular weight excluding hydrogens is 275 g/mol. The van der Waals surface area contributed by atoms with Crippen LogP contribution in [0.15, 0.2) is 12.1 Å². The lowest BCUT2D eigenvalue weighted by atomic mass is 10.0. The maximum absolute atomic E-state index is 9.57. The van der Waals surface area contributed by atoms with Crippen molar-refractivity contribution in [3.63, 3.8) is 0 Å². The normalized spacial score (nSPS) is 18.8. The lowest BCUT2D eigenvalue weighted by Gasteiger charge is -2.34. The minimum Gasteiger partial charge on any atom is -0.505 e. The molecule has 18 heavy (non-hydrogen) atoms. The maximum Gasteiger partial charge on any atom is 0.152 e. The van der Waals surface area contributed by atoms with Crippen molar-refractivity contribution in [3.8, 4) is 5.75 Å². The third kappa shape index (κ3) is 2.90. The lowest BCUT2D eigenvalue weighted by molar-refractivity contribution is 0.111. The van der Waals surface area contributed by atoms with Crippen molar-refractivity contribution in [1.29, 1.82) is 0 Å². The molecule has 0 saturated carbocycles. The van der Waals surface area contributed by atoms with Gasteiger partial charge in [-0.05, 0) is 17.7 Å². The van der Waals surface area contributed by atoms with Crippen molar-refractivity contribution in [2.45, 2.75) is 6.04 Å². The van der Waals surface area contributed by atoms with Gasteiger partial charge in [-0.1, -0.05) is 23.2 Å². The summed E-state index contributed by atoms with van der Waals surface area (Å²) >= 11 is 11.8. The molecule has 1 fully saturated rings. The smallest absolute Gasteiger partial charge is 0.152 e. The molecule has 4 nitrogen and oxygen atoms in total. The van der Waals surface area contributed by atoms with E-state index in [9.17, 15) is 10.2 Å². The van der Waals surface area contributed by atoms with E-state index in [2.05, 4.69) is 10.2 Å². The topological polar surface area (TPSA) is 55.7 Å². The highest BCUT2D eigenvalue weighted by Gasteiger charge is 2.23. The molecule has 0 bridgehead atoms. The number of nitrogens with zero attached hydrogens (tertiary/aromatic N) is 1. The Kier molecular flexibility index (Phi) is 4.70. The third-order valence-electron chi connectivity index (χ3n) is 3.19. The number of aliphatic hydroxyl groups is 1. The number of nitrogens with one attached hydrogen (secondary N) is 1. The van der Waals surface area contributed by atoms with Crippen molar-refractivity contribution in [2.75, 3.05) is 32.8 Å². The zero-order valence-electron chi connectivity index (χ0n) is 9.87. The Hall–Kier alpha value is -0.520. The van der Waals surface area contributed by atoms with Crippen LogP contribution in [0.25, 0.3) is 0 Å². The summed E-state index contributed by atoms with van der Waals surface area (Å²) in [5.74, 6) is -0.112. The van der Waals surface area contributed by atoms with E-state index in [1.807, 2.05) is 0 Å². The molecule has 0 aromatic heterocycles. The van der Waals surface area contributed by atoms with Gasteiger partial charge < -0.3 is 15.5 Å². The Labute approximate surface area is 116 Å². The van der Waals surface area contributed by atoms with Crippen LogP contribution < -0.4 is 5.32 Å². The summed E-state index contributed by atoms with van der Waals surface area (Å²) in [4.78, 5) is 2.18. The van der Waals surface area contributed by atoms with Crippen LogP contribution in [0.5, 0.6) is 5.75 Å². The van der Waals surface area contributed by atoms with Crippen LogP contribution in [-0.2, 0) is 0 Å². The minimum absolute atomic E-state index is 0.00255.